The van der Waals surface area contributed by atoms with Crippen LogP contribution in [0.1, 0.15) is 33.8 Å². The minimum atomic E-state index is -0.364. The zero-order valence-electron chi connectivity index (χ0n) is 12.1. The van der Waals surface area contributed by atoms with E-state index in [1.165, 1.54) is 0 Å². The summed E-state index contributed by atoms with van der Waals surface area (Å²) in [7, 11) is 0. The topological polar surface area (TPSA) is 60.2 Å². The number of hydrogen-bond donors (Lipinski definition) is 0. The van der Waals surface area contributed by atoms with Crippen LogP contribution in [-0.4, -0.2) is 17.3 Å². The molecule has 4 nitrogen and oxygen atoms in total. The molecule has 0 aromatic heterocycles. The number of rotatable bonds is 4. The van der Waals surface area contributed by atoms with Gasteiger partial charge in [0, 0.05) is 16.4 Å². The number of fused-ring (bicyclic) bond motifs is 1. The number of nitro groups is 1. The molecule has 4 heteroatoms. The summed E-state index contributed by atoms with van der Waals surface area (Å²) in [5.41, 5.74) is 2.65. The zero-order valence-corrected chi connectivity index (χ0v) is 12.1. The SMILES string of the molecule is O=C1c2ccccc2CC[C@H]1[C@@H](C[N+](=O)[O-])c1ccccc1. The molecule has 1 aliphatic carbocycles. The van der Waals surface area contributed by atoms with Crippen LogP contribution >= 0.6 is 0 Å². The average molecular weight is 295 g/mol. The van der Waals surface area contributed by atoms with E-state index in [0.717, 1.165) is 23.1 Å². The van der Waals surface area contributed by atoms with Gasteiger partial charge in [-0.3, -0.25) is 14.9 Å². The molecule has 0 unspecified atom stereocenters. The van der Waals surface area contributed by atoms with Gasteiger partial charge in [-0.1, -0.05) is 54.6 Å². The maximum absolute atomic E-state index is 12.8. The van der Waals surface area contributed by atoms with Gasteiger partial charge in [-0.05, 0) is 24.0 Å². The molecular formula is C18H17NO3. The van der Waals surface area contributed by atoms with Gasteiger partial charge in [0.05, 0.1) is 5.92 Å². The molecule has 0 fully saturated rings. The average Bonchev–Trinajstić information content (AvgIpc) is 2.54. The van der Waals surface area contributed by atoms with Crippen molar-refractivity contribution in [3.05, 3.63) is 81.4 Å². The van der Waals surface area contributed by atoms with Crippen molar-refractivity contribution in [1.29, 1.82) is 0 Å². The number of aryl methyl sites for hydroxylation is 1. The Labute approximate surface area is 128 Å². The summed E-state index contributed by atoms with van der Waals surface area (Å²) in [6.07, 6.45) is 1.47. The molecule has 0 aliphatic heterocycles. The predicted molar refractivity (Wildman–Crippen MR) is 83.6 cm³/mol. The third-order valence-corrected chi connectivity index (χ3v) is 4.40. The molecule has 0 bridgehead atoms. The number of nitrogens with zero attached hydrogens (tertiary/aromatic N) is 1. The van der Waals surface area contributed by atoms with Gasteiger partial charge >= 0.3 is 0 Å². The fourth-order valence-electron chi connectivity index (χ4n) is 3.33. The normalized spacial score (nSPS) is 18.5. The van der Waals surface area contributed by atoms with E-state index in [4.69, 9.17) is 0 Å². The highest BCUT2D eigenvalue weighted by atomic mass is 16.6. The first-order chi connectivity index (χ1) is 10.7. The Morgan fingerprint density at radius 1 is 1.09 bits per heavy atom. The number of ketones is 1. The number of hydrogen-bond acceptors (Lipinski definition) is 3. The zero-order chi connectivity index (χ0) is 15.5. The minimum absolute atomic E-state index is 0.0394. The maximum Gasteiger partial charge on any atom is 0.211 e. The molecule has 0 spiro atoms. The van der Waals surface area contributed by atoms with E-state index in [2.05, 4.69) is 0 Å². The van der Waals surface area contributed by atoms with Crippen molar-refractivity contribution in [2.75, 3.05) is 6.54 Å². The molecule has 0 radical (unpaired) electrons. The number of benzene rings is 2. The summed E-state index contributed by atoms with van der Waals surface area (Å²) in [5.74, 6) is -0.641. The van der Waals surface area contributed by atoms with Crippen molar-refractivity contribution in [3.63, 3.8) is 0 Å². The molecular weight excluding hydrogens is 278 g/mol. The Kier molecular flexibility index (Phi) is 4.00. The quantitative estimate of drug-likeness (QED) is 0.640. The summed E-state index contributed by atoms with van der Waals surface area (Å²) < 4.78 is 0. The van der Waals surface area contributed by atoms with Gasteiger partial charge in [0.15, 0.2) is 5.78 Å². The third kappa shape index (κ3) is 2.77. The van der Waals surface area contributed by atoms with E-state index in [-0.39, 0.29) is 29.1 Å². The summed E-state index contributed by atoms with van der Waals surface area (Å²) in [4.78, 5) is 23.5. The fraction of sp³-hybridized carbons (Fsp3) is 0.278. The van der Waals surface area contributed by atoms with Crippen LogP contribution in [0.25, 0.3) is 0 Å². The second-order valence-corrected chi connectivity index (χ2v) is 5.70. The van der Waals surface area contributed by atoms with Crippen LogP contribution < -0.4 is 0 Å². The molecule has 0 heterocycles. The number of carbonyl (C=O) groups excluding carboxylic acids is 1. The van der Waals surface area contributed by atoms with Gasteiger partial charge in [0.1, 0.15) is 0 Å². The van der Waals surface area contributed by atoms with Crippen molar-refractivity contribution in [1.82, 2.24) is 0 Å². The molecule has 0 N–H and O–H groups in total. The number of carbonyl (C=O) groups is 1. The Morgan fingerprint density at radius 2 is 1.77 bits per heavy atom. The molecule has 0 amide bonds. The molecule has 2 aromatic rings. The molecule has 2 atom stereocenters. The van der Waals surface area contributed by atoms with E-state index in [9.17, 15) is 14.9 Å². The lowest BCUT2D eigenvalue weighted by Gasteiger charge is -2.28. The van der Waals surface area contributed by atoms with Crippen LogP contribution in [0.5, 0.6) is 0 Å². The number of Topliss-reactive ketones (excluding diaryl/α,β-unsaturated/α-hetero) is 1. The van der Waals surface area contributed by atoms with Crippen LogP contribution in [0.4, 0.5) is 0 Å². The largest absolute Gasteiger partial charge is 0.294 e. The molecule has 2 aromatic carbocycles. The predicted octanol–water partition coefficient (Wildman–Crippen LogP) is 3.49. The Hall–Kier alpha value is -2.49. The van der Waals surface area contributed by atoms with E-state index in [0.29, 0.717) is 6.42 Å². The molecule has 0 saturated heterocycles. The highest BCUT2D eigenvalue weighted by molar-refractivity contribution is 6.00. The molecule has 3 rings (SSSR count). The standard InChI is InChI=1S/C18H17NO3/c20-18-15-9-5-4-8-14(15)10-11-16(18)17(12-19(21)22)13-6-2-1-3-7-13/h1-9,16-17H,10-12H2/t16-,17-/m0/s1. The highest BCUT2D eigenvalue weighted by Crippen LogP contribution is 2.35. The van der Waals surface area contributed by atoms with Crippen LogP contribution in [0.15, 0.2) is 54.6 Å². The van der Waals surface area contributed by atoms with Gasteiger partial charge in [0.2, 0.25) is 6.54 Å². The Balaban J connectivity index is 1.96. The van der Waals surface area contributed by atoms with Crippen molar-refractivity contribution >= 4 is 5.78 Å². The Bertz CT molecular complexity index is 696. The molecule has 0 saturated carbocycles. The van der Waals surface area contributed by atoms with Gasteiger partial charge < -0.3 is 0 Å². The summed E-state index contributed by atoms with van der Waals surface area (Å²) in [6.45, 7) is -0.206. The van der Waals surface area contributed by atoms with Crippen LogP contribution in [0.3, 0.4) is 0 Å². The van der Waals surface area contributed by atoms with Crippen LogP contribution in [0, 0.1) is 16.0 Å². The lowest BCUT2D eigenvalue weighted by atomic mass is 9.73. The Morgan fingerprint density at radius 3 is 2.50 bits per heavy atom. The van der Waals surface area contributed by atoms with Gasteiger partial charge in [-0.2, -0.15) is 0 Å². The second-order valence-electron chi connectivity index (χ2n) is 5.70. The van der Waals surface area contributed by atoms with Crippen molar-refractivity contribution in [2.24, 2.45) is 5.92 Å². The summed E-state index contributed by atoms with van der Waals surface area (Å²) in [5, 5.41) is 11.1. The minimum Gasteiger partial charge on any atom is -0.294 e. The monoisotopic (exact) mass is 295 g/mol. The lowest BCUT2D eigenvalue weighted by molar-refractivity contribution is -0.484. The smallest absolute Gasteiger partial charge is 0.211 e. The first-order valence-corrected chi connectivity index (χ1v) is 7.45. The van der Waals surface area contributed by atoms with Crippen LogP contribution in [0.2, 0.25) is 0 Å². The van der Waals surface area contributed by atoms with E-state index >= 15 is 0 Å². The first kappa shape index (κ1) is 14.4. The van der Waals surface area contributed by atoms with Crippen LogP contribution in [-0.2, 0) is 6.42 Å². The van der Waals surface area contributed by atoms with Crippen molar-refractivity contribution < 1.29 is 9.72 Å². The van der Waals surface area contributed by atoms with Crippen molar-refractivity contribution in [2.45, 2.75) is 18.8 Å². The first-order valence-electron chi connectivity index (χ1n) is 7.45. The molecule has 22 heavy (non-hydrogen) atoms. The van der Waals surface area contributed by atoms with Gasteiger partial charge in [-0.15, -0.1) is 0 Å². The van der Waals surface area contributed by atoms with Gasteiger partial charge in [0.25, 0.3) is 0 Å². The summed E-state index contributed by atoms with van der Waals surface area (Å²) in [6, 6.07) is 16.9. The van der Waals surface area contributed by atoms with Crippen molar-refractivity contribution in [3.8, 4) is 0 Å². The van der Waals surface area contributed by atoms with Gasteiger partial charge in [-0.25, -0.2) is 0 Å². The van der Waals surface area contributed by atoms with E-state index < -0.39 is 0 Å². The molecule has 1 aliphatic rings. The maximum atomic E-state index is 12.8. The highest BCUT2D eigenvalue weighted by Gasteiger charge is 2.36. The van der Waals surface area contributed by atoms with E-state index in [1.807, 2.05) is 54.6 Å². The molecule has 112 valence electrons. The summed E-state index contributed by atoms with van der Waals surface area (Å²) >= 11 is 0. The third-order valence-electron chi connectivity index (χ3n) is 4.40. The second kappa shape index (κ2) is 6.10. The lowest BCUT2D eigenvalue weighted by Crippen LogP contribution is -2.31. The fourth-order valence-corrected chi connectivity index (χ4v) is 3.33. The van der Waals surface area contributed by atoms with E-state index in [1.54, 1.807) is 0 Å².